The second kappa shape index (κ2) is 4.13. The molecule has 0 spiro atoms. The summed E-state index contributed by atoms with van der Waals surface area (Å²) in [5.41, 5.74) is 1.01. The molecule has 78 valence electrons. The fourth-order valence-electron chi connectivity index (χ4n) is 1.40. The van der Waals surface area contributed by atoms with Crippen LogP contribution in [0, 0.1) is 0 Å². The van der Waals surface area contributed by atoms with Crippen LogP contribution >= 0.6 is 0 Å². The first kappa shape index (κ1) is 9.71. The van der Waals surface area contributed by atoms with Gasteiger partial charge < -0.3 is 9.47 Å². The molecule has 0 fully saturated rings. The quantitative estimate of drug-likeness (QED) is 0.693. The third-order valence-corrected chi connectivity index (χ3v) is 2.03. The van der Waals surface area contributed by atoms with Crippen molar-refractivity contribution in [2.24, 2.45) is 4.99 Å². The van der Waals surface area contributed by atoms with Crippen LogP contribution in [-0.4, -0.2) is 25.4 Å². The molecule has 0 radical (unpaired) electrons. The van der Waals surface area contributed by atoms with Crippen LogP contribution < -0.4 is 4.74 Å². The summed E-state index contributed by atoms with van der Waals surface area (Å²) in [5, 5.41) is 0. The van der Waals surface area contributed by atoms with Gasteiger partial charge in [0.15, 0.2) is 0 Å². The van der Waals surface area contributed by atoms with Crippen LogP contribution in [0.4, 0.5) is 5.69 Å². The fourth-order valence-corrected chi connectivity index (χ4v) is 1.40. The zero-order valence-electron chi connectivity index (χ0n) is 8.40. The molecule has 1 aliphatic heterocycles. The summed E-state index contributed by atoms with van der Waals surface area (Å²) in [7, 11) is 0. The van der Waals surface area contributed by atoms with Gasteiger partial charge in [0.1, 0.15) is 18.0 Å². The Balaban J connectivity index is 2.40. The number of hydrogen-bond acceptors (Lipinski definition) is 4. The van der Waals surface area contributed by atoms with Gasteiger partial charge in [-0.1, -0.05) is 6.07 Å². The van der Waals surface area contributed by atoms with E-state index < -0.39 is 0 Å². The molecule has 0 aromatic heterocycles. The van der Waals surface area contributed by atoms with Crippen LogP contribution in [-0.2, 0) is 4.74 Å². The summed E-state index contributed by atoms with van der Waals surface area (Å²) in [5.74, 6) is 0.264. The number of aliphatic imine (C=N–C) groups is 1. The van der Waals surface area contributed by atoms with E-state index in [0.717, 1.165) is 0 Å². The molecular formula is C11H11NO3. The number of benzene rings is 1. The van der Waals surface area contributed by atoms with Gasteiger partial charge in [-0.15, -0.1) is 0 Å². The first-order valence-electron chi connectivity index (χ1n) is 4.78. The molecule has 0 amide bonds. The number of carbonyl (C=O) groups is 1. The molecule has 0 N–H and O–H groups in total. The summed E-state index contributed by atoms with van der Waals surface area (Å²) >= 11 is 0. The maximum Gasteiger partial charge on any atom is 0.340 e. The molecule has 0 unspecified atom stereocenters. The molecule has 1 aromatic carbocycles. The average Bonchev–Trinajstić information content (AvgIpc) is 2.28. The Labute approximate surface area is 87.5 Å². The Morgan fingerprint density at radius 1 is 1.60 bits per heavy atom. The van der Waals surface area contributed by atoms with Crippen LogP contribution in [0.3, 0.4) is 0 Å². The Morgan fingerprint density at radius 3 is 3.27 bits per heavy atom. The van der Waals surface area contributed by atoms with Gasteiger partial charge in [-0.05, 0) is 19.1 Å². The number of ether oxygens (including phenoxy) is 2. The zero-order chi connectivity index (χ0) is 10.7. The maximum absolute atomic E-state index is 11.6. The highest BCUT2D eigenvalue weighted by molar-refractivity contribution is 5.97. The number of hydrogen-bond donors (Lipinski definition) is 0. The van der Waals surface area contributed by atoms with Crippen molar-refractivity contribution in [3.63, 3.8) is 0 Å². The van der Waals surface area contributed by atoms with E-state index in [9.17, 15) is 4.79 Å². The first-order chi connectivity index (χ1) is 7.33. The van der Waals surface area contributed by atoms with Crippen molar-refractivity contribution in [3.05, 3.63) is 23.8 Å². The minimum Gasteiger partial charge on any atom is -0.486 e. The van der Waals surface area contributed by atoms with E-state index in [1.165, 1.54) is 0 Å². The van der Waals surface area contributed by atoms with Gasteiger partial charge in [-0.25, -0.2) is 4.79 Å². The monoisotopic (exact) mass is 205 g/mol. The minimum absolute atomic E-state index is 0.354. The summed E-state index contributed by atoms with van der Waals surface area (Å²) in [6.45, 7) is 2.57. The third-order valence-electron chi connectivity index (χ3n) is 2.03. The van der Waals surface area contributed by atoms with Crippen LogP contribution in [0.25, 0.3) is 0 Å². The molecule has 0 aliphatic carbocycles. The van der Waals surface area contributed by atoms with E-state index in [1.54, 1.807) is 31.3 Å². The van der Waals surface area contributed by atoms with Gasteiger partial charge in [0.05, 0.1) is 12.2 Å². The summed E-state index contributed by atoms with van der Waals surface area (Å²) in [4.78, 5) is 15.7. The fraction of sp³-hybridized carbons (Fsp3) is 0.273. The minimum atomic E-state index is -0.364. The predicted molar refractivity (Wildman–Crippen MR) is 56.0 cm³/mol. The van der Waals surface area contributed by atoms with Gasteiger partial charge in [0.25, 0.3) is 0 Å². The van der Waals surface area contributed by atoms with E-state index in [1.807, 2.05) is 0 Å². The Hall–Kier alpha value is -1.84. The molecule has 15 heavy (non-hydrogen) atoms. The van der Waals surface area contributed by atoms with Gasteiger partial charge in [-0.3, -0.25) is 4.99 Å². The second-order valence-corrected chi connectivity index (χ2v) is 3.00. The molecule has 1 heterocycles. The zero-order valence-corrected chi connectivity index (χ0v) is 8.40. The van der Waals surface area contributed by atoms with Crippen molar-refractivity contribution in [1.82, 2.24) is 0 Å². The van der Waals surface area contributed by atoms with Gasteiger partial charge in [0, 0.05) is 6.21 Å². The van der Waals surface area contributed by atoms with E-state index in [2.05, 4.69) is 4.99 Å². The maximum atomic E-state index is 11.6. The molecule has 2 rings (SSSR count). The van der Waals surface area contributed by atoms with Crippen LogP contribution in [0.15, 0.2) is 23.2 Å². The van der Waals surface area contributed by atoms with Crippen molar-refractivity contribution in [2.45, 2.75) is 6.92 Å². The lowest BCUT2D eigenvalue weighted by Crippen LogP contribution is -2.09. The lowest BCUT2D eigenvalue weighted by molar-refractivity contribution is 0.0527. The van der Waals surface area contributed by atoms with Crippen molar-refractivity contribution in [3.8, 4) is 5.75 Å². The lowest BCUT2D eigenvalue weighted by Gasteiger charge is -2.13. The summed E-state index contributed by atoms with van der Waals surface area (Å²) in [6.07, 6.45) is 1.63. The standard InChI is InChI=1S/C11H11NO3/c1-2-14-11(13)8-4-3-5-9-10(8)12-6-7-15-9/h3-6H,2,7H2,1H3. The number of rotatable bonds is 2. The van der Waals surface area contributed by atoms with E-state index in [4.69, 9.17) is 9.47 Å². The van der Waals surface area contributed by atoms with Crippen molar-refractivity contribution in [1.29, 1.82) is 0 Å². The molecule has 0 atom stereocenters. The molecule has 1 aliphatic rings. The van der Waals surface area contributed by atoms with Gasteiger partial charge in [0.2, 0.25) is 0 Å². The Kier molecular flexibility index (Phi) is 2.67. The third kappa shape index (κ3) is 1.83. The van der Waals surface area contributed by atoms with Crippen molar-refractivity contribution in [2.75, 3.05) is 13.2 Å². The van der Waals surface area contributed by atoms with E-state index >= 15 is 0 Å². The highest BCUT2D eigenvalue weighted by Gasteiger charge is 2.17. The normalized spacial score (nSPS) is 12.9. The molecule has 1 aromatic rings. The van der Waals surface area contributed by atoms with Gasteiger partial charge in [-0.2, -0.15) is 0 Å². The largest absolute Gasteiger partial charge is 0.486 e. The number of fused-ring (bicyclic) bond motifs is 1. The molecule has 0 saturated heterocycles. The topological polar surface area (TPSA) is 47.9 Å². The smallest absolute Gasteiger partial charge is 0.340 e. The van der Waals surface area contributed by atoms with Crippen LogP contribution in [0.2, 0.25) is 0 Å². The van der Waals surface area contributed by atoms with E-state index in [0.29, 0.717) is 30.2 Å². The Morgan fingerprint density at radius 2 is 2.47 bits per heavy atom. The molecular weight excluding hydrogens is 194 g/mol. The second-order valence-electron chi connectivity index (χ2n) is 3.00. The molecule has 4 nitrogen and oxygen atoms in total. The summed E-state index contributed by atoms with van der Waals surface area (Å²) in [6, 6.07) is 5.23. The molecule has 4 heteroatoms. The SMILES string of the molecule is CCOC(=O)c1cccc2c1N=CCO2. The summed E-state index contributed by atoms with van der Waals surface area (Å²) < 4.78 is 10.3. The number of para-hydroxylation sites is 1. The predicted octanol–water partition coefficient (Wildman–Crippen LogP) is 1.96. The van der Waals surface area contributed by atoms with Gasteiger partial charge >= 0.3 is 5.97 Å². The number of carbonyl (C=O) groups excluding carboxylic acids is 1. The first-order valence-corrected chi connectivity index (χ1v) is 4.78. The number of esters is 1. The van der Waals surface area contributed by atoms with E-state index in [-0.39, 0.29) is 5.97 Å². The van der Waals surface area contributed by atoms with Crippen LogP contribution in [0.5, 0.6) is 5.75 Å². The highest BCUT2D eigenvalue weighted by Crippen LogP contribution is 2.33. The lowest BCUT2D eigenvalue weighted by atomic mass is 10.1. The average molecular weight is 205 g/mol. The van der Waals surface area contributed by atoms with Crippen molar-refractivity contribution < 1.29 is 14.3 Å². The van der Waals surface area contributed by atoms with Crippen molar-refractivity contribution >= 4 is 17.9 Å². The molecule has 0 bridgehead atoms. The molecule has 0 saturated carbocycles. The Bertz CT molecular complexity index is 412. The highest BCUT2D eigenvalue weighted by atomic mass is 16.5. The number of nitrogens with zero attached hydrogens (tertiary/aromatic N) is 1. The van der Waals surface area contributed by atoms with Crippen LogP contribution in [0.1, 0.15) is 17.3 Å².